The van der Waals surface area contributed by atoms with Gasteiger partial charge >= 0.3 is 5.97 Å². The van der Waals surface area contributed by atoms with Crippen LogP contribution in [0.3, 0.4) is 0 Å². The molecule has 3 amide bonds. The number of carbonyl (C=O) groups excluding carboxylic acids is 3. The van der Waals surface area contributed by atoms with Crippen LogP contribution in [0.25, 0.3) is 0 Å². The highest BCUT2D eigenvalue weighted by Gasteiger charge is 2.28. The minimum atomic E-state index is -1.19. The Labute approximate surface area is 176 Å². The molecule has 0 aliphatic rings. The summed E-state index contributed by atoms with van der Waals surface area (Å²) in [5, 5.41) is 16.4. The van der Waals surface area contributed by atoms with Crippen LogP contribution in [-0.4, -0.2) is 53.0 Å². The second-order valence-corrected chi connectivity index (χ2v) is 7.46. The minimum Gasteiger partial charge on any atom is -0.480 e. The standard InChI is InChI=1S/C21H32N4O5/c1-5-12(2)17(22)20(28)25-16(11-15-9-7-6-8-10-15)19(27)23-13(3)18(26)24-14(4)21(29)30/h6-10,12-14,16-17H,5,11,22H2,1-4H3,(H,23,27)(H,24,26)(H,25,28)(H,29,30). The molecule has 9 heteroatoms. The van der Waals surface area contributed by atoms with Crippen molar-refractivity contribution in [1.29, 1.82) is 0 Å². The quantitative estimate of drug-likeness (QED) is 0.345. The van der Waals surface area contributed by atoms with Crippen LogP contribution in [0.4, 0.5) is 0 Å². The maximum absolute atomic E-state index is 12.8. The molecule has 0 radical (unpaired) electrons. The summed E-state index contributed by atoms with van der Waals surface area (Å²) in [6, 6.07) is 5.34. The van der Waals surface area contributed by atoms with E-state index in [9.17, 15) is 19.2 Å². The smallest absolute Gasteiger partial charge is 0.325 e. The first-order valence-corrected chi connectivity index (χ1v) is 10.00. The molecule has 1 aromatic carbocycles. The van der Waals surface area contributed by atoms with Gasteiger partial charge in [0.1, 0.15) is 18.1 Å². The zero-order valence-electron chi connectivity index (χ0n) is 17.8. The van der Waals surface area contributed by atoms with Gasteiger partial charge in [-0.15, -0.1) is 0 Å². The number of benzene rings is 1. The van der Waals surface area contributed by atoms with E-state index in [0.29, 0.717) is 6.42 Å². The average molecular weight is 421 g/mol. The summed E-state index contributed by atoms with van der Waals surface area (Å²) in [5.74, 6) is -2.90. The first-order valence-electron chi connectivity index (χ1n) is 10.00. The van der Waals surface area contributed by atoms with Crippen molar-refractivity contribution in [3.63, 3.8) is 0 Å². The molecule has 6 N–H and O–H groups in total. The average Bonchev–Trinajstić information content (AvgIpc) is 2.72. The summed E-state index contributed by atoms with van der Waals surface area (Å²) in [5.41, 5.74) is 6.81. The third-order valence-electron chi connectivity index (χ3n) is 4.96. The molecule has 5 unspecified atom stereocenters. The van der Waals surface area contributed by atoms with E-state index in [1.54, 1.807) is 0 Å². The van der Waals surface area contributed by atoms with Crippen molar-refractivity contribution < 1.29 is 24.3 Å². The molecule has 9 nitrogen and oxygen atoms in total. The van der Waals surface area contributed by atoms with Crippen molar-refractivity contribution in [1.82, 2.24) is 16.0 Å². The van der Waals surface area contributed by atoms with Gasteiger partial charge in [0.25, 0.3) is 0 Å². The summed E-state index contributed by atoms with van der Waals surface area (Å²) < 4.78 is 0. The molecule has 5 atom stereocenters. The van der Waals surface area contributed by atoms with E-state index in [0.717, 1.165) is 5.56 Å². The topological polar surface area (TPSA) is 151 Å². The largest absolute Gasteiger partial charge is 0.480 e. The molecule has 0 bridgehead atoms. The number of hydrogen-bond acceptors (Lipinski definition) is 5. The lowest BCUT2D eigenvalue weighted by molar-refractivity contribution is -0.141. The number of carboxylic acid groups (broad SMARTS) is 1. The van der Waals surface area contributed by atoms with Gasteiger partial charge in [0.2, 0.25) is 17.7 Å². The Morgan fingerprint density at radius 2 is 1.47 bits per heavy atom. The van der Waals surface area contributed by atoms with Crippen molar-refractivity contribution in [3.8, 4) is 0 Å². The third kappa shape index (κ3) is 7.82. The predicted molar refractivity (Wildman–Crippen MR) is 112 cm³/mol. The van der Waals surface area contributed by atoms with E-state index in [2.05, 4.69) is 16.0 Å². The van der Waals surface area contributed by atoms with Crippen molar-refractivity contribution in [2.24, 2.45) is 11.7 Å². The monoisotopic (exact) mass is 420 g/mol. The van der Waals surface area contributed by atoms with E-state index < -0.39 is 47.9 Å². The summed E-state index contributed by atoms with van der Waals surface area (Å²) >= 11 is 0. The fourth-order valence-corrected chi connectivity index (χ4v) is 2.62. The molecule has 1 aromatic rings. The highest BCUT2D eigenvalue weighted by atomic mass is 16.4. The zero-order valence-corrected chi connectivity index (χ0v) is 17.8. The number of rotatable bonds is 11. The Morgan fingerprint density at radius 3 is 2.00 bits per heavy atom. The van der Waals surface area contributed by atoms with Gasteiger partial charge in [-0.3, -0.25) is 19.2 Å². The Kier molecular flexibility index (Phi) is 9.97. The summed E-state index contributed by atoms with van der Waals surface area (Å²) in [4.78, 5) is 48.4. The molecule has 166 valence electrons. The second-order valence-electron chi connectivity index (χ2n) is 7.46. The van der Waals surface area contributed by atoms with Crippen LogP contribution in [-0.2, 0) is 25.6 Å². The van der Waals surface area contributed by atoms with E-state index in [1.807, 2.05) is 44.2 Å². The molecule has 30 heavy (non-hydrogen) atoms. The highest BCUT2D eigenvalue weighted by Crippen LogP contribution is 2.08. The van der Waals surface area contributed by atoms with Gasteiger partial charge in [-0.05, 0) is 25.3 Å². The van der Waals surface area contributed by atoms with Gasteiger partial charge in [0.05, 0.1) is 6.04 Å². The number of amides is 3. The second kappa shape index (κ2) is 11.9. The minimum absolute atomic E-state index is 0.0624. The van der Waals surface area contributed by atoms with Crippen molar-refractivity contribution >= 4 is 23.7 Å². The van der Waals surface area contributed by atoms with Gasteiger partial charge in [0.15, 0.2) is 0 Å². The zero-order chi connectivity index (χ0) is 22.8. The van der Waals surface area contributed by atoms with Crippen LogP contribution in [0.2, 0.25) is 0 Å². The van der Waals surface area contributed by atoms with Gasteiger partial charge in [-0.2, -0.15) is 0 Å². The van der Waals surface area contributed by atoms with Crippen LogP contribution in [0.1, 0.15) is 39.7 Å². The van der Waals surface area contributed by atoms with Crippen molar-refractivity contribution in [3.05, 3.63) is 35.9 Å². The van der Waals surface area contributed by atoms with E-state index in [4.69, 9.17) is 10.8 Å². The Morgan fingerprint density at radius 1 is 0.900 bits per heavy atom. The van der Waals surface area contributed by atoms with Crippen LogP contribution >= 0.6 is 0 Å². The number of aliphatic carboxylic acids is 1. The number of carbonyl (C=O) groups is 4. The molecule has 0 aliphatic carbocycles. The Balaban J connectivity index is 2.89. The normalized spacial score (nSPS) is 15.8. The fourth-order valence-electron chi connectivity index (χ4n) is 2.62. The van der Waals surface area contributed by atoms with Gasteiger partial charge in [-0.1, -0.05) is 50.6 Å². The number of carboxylic acids is 1. The van der Waals surface area contributed by atoms with Crippen molar-refractivity contribution in [2.45, 2.75) is 64.7 Å². The Bertz CT molecular complexity index is 740. The lowest BCUT2D eigenvalue weighted by Gasteiger charge is -2.24. The molecule has 0 spiro atoms. The van der Waals surface area contributed by atoms with E-state index >= 15 is 0 Å². The molecule has 0 aromatic heterocycles. The molecule has 0 aliphatic heterocycles. The number of nitrogens with one attached hydrogen (secondary N) is 3. The molecule has 0 saturated heterocycles. The first kappa shape index (κ1) is 25.1. The predicted octanol–water partition coefficient (Wildman–Crippen LogP) is 0.181. The van der Waals surface area contributed by atoms with Crippen LogP contribution < -0.4 is 21.7 Å². The van der Waals surface area contributed by atoms with Gasteiger partial charge in [-0.25, -0.2) is 0 Å². The SMILES string of the molecule is CCC(C)C(N)C(=O)NC(Cc1ccccc1)C(=O)NC(C)C(=O)NC(C)C(=O)O. The van der Waals surface area contributed by atoms with Crippen molar-refractivity contribution in [2.75, 3.05) is 0 Å². The summed E-state index contributed by atoms with van der Waals surface area (Å²) in [6.45, 7) is 6.54. The maximum Gasteiger partial charge on any atom is 0.325 e. The molecular weight excluding hydrogens is 388 g/mol. The lowest BCUT2D eigenvalue weighted by atomic mass is 9.98. The molecule has 0 fully saturated rings. The fraction of sp³-hybridized carbons (Fsp3) is 0.524. The summed E-state index contributed by atoms with van der Waals surface area (Å²) in [6.07, 6.45) is 0.925. The lowest BCUT2D eigenvalue weighted by Crippen LogP contribution is -2.57. The highest BCUT2D eigenvalue weighted by molar-refractivity contribution is 5.94. The molecule has 1 rings (SSSR count). The van der Waals surface area contributed by atoms with Gasteiger partial charge in [0, 0.05) is 6.42 Å². The first-order chi connectivity index (χ1) is 14.1. The van der Waals surface area contributed by atoms with E-state index in [-0.39, 0.29) is 12.3 Å². The van der Waals surface area contributed by atoms with E-state index in [1.165, 1.54) is 13.8 Å². The van der Waals surface area contributed by atoms with Crippen LogP contribution in [0.15, 0.2) is 30.3 Å². The maximum atomic E-state index is 12.8. The van der Waals surface area contributed by atoms with Gasteiger partial charge < -0.3 is 26.8 Å². The number of hydrogen-bond donors (Lipinski definition) is 5. The third-order valence-corrected chi connectivity index (χ3v) is 4.96. The molecule has 0 heterocycles. The molecular formula is C21H32N4O5. The van der Waals surface area contributed by atoms with Crippen LogP contribution in [0.5, 0.6) is 0 Å². The summed E-state index contributed by atoms with van der Waals surface area (Å²) in [7, 11) is 0. The molecule has 0 saturated carbocycles. The Hall–Kier alpha value is -2.94. The van der Waals surface area contributed by atoms with Crippen LogP contribution in [0, 0.1) is 5.92 Å². The number of nitrogens with two attached hydrogens (primary N) is 1.